The van der Waals surface area contributed by atoms with Gasteiger partial charge < -0.3 is 15.4 Å². The van der Waals surface area contributed by atoms with Crippen LogP contribution in [-0.2, 0) is 20.7 Å². The summed E-state index contributed by atoms with van der Waals surface area (Å²) in [5.74, 6) is -0.481. The number of ether oxygens (including phenoxy) is 1. The van der Waals surface area contributed by atoms with Crippen molar-refractivity contribution in [1.82, 2.24) is 4.90 Å². The Morgan fingerprint density at radius 1 is 1.47 bits per heavy atom. The highest BCUT2D eigenvalue weighted by atomic mass is 16.5. The van der Waals surface area contributed by atoms with E-state index < -0.39 is 12.0 Å². The van der Waals surface area contributed by atoms with E-state index in [1.54, 1.807) is 0 Å². The summed E-state index contributed by atoms with van der Waals surface area (Å²) in [5, 5.41) is 0. The zero-order valence-electron chi connectivity index (χ0n) is 10.9. The van der Waals surface area contributed by atoms with Crippen molar-refractivity contribution in [1.29, 1.82) is 0 Å². The van der Waals surface area contributed by atoms with Crippen LogP contribution in [0, 0.1) is 0 Å². The lowest BCUT2D eigenvalue weighted by Gasteiger charge is -2.25. The zero-order valence-corrected chi connectivity index (χ0v) is 10.9. The first kappa shape index (κ1) is 13.5. The molecule has 0 aromatic heterocycles. The number of amides is 1. The van der Waals surface area contributed by atoms with Crippen molar-refractivity contribution in [3.63, 3.8) is 0 Å². The first-order valence-electron chi connectivity index (χ1n) is 6.28. The monoisotopic (exact) mass is 262 g/mol. The van der Waals surface area contributed by atoms with Crippen LogP contribution in [0.2, 0.25) is 0 Å². The Hall–Kier alpha value is -1.88. The maximum absolute atomic E-state index is 11.9. The molecule has 5 heteroatoms. The summed E-state index contributed by atoms with van der Waals surface area (Å²) >= 11 is 0. The van der Waals surface area contributed by atoms with Crippen LogP contribution in [0.1, 0.15) is 12.0 Å². The molecule has 1 heterocycles. The van der Waals surface area contributed by atoms with Crippen LogP contribution in [-0.4, -0.2) is 42.5 Å². The van der Waals surface area contributed by atoms with Gasteiger partial charge in [-0.15, -0.1) is 0 Å². The molecule has 0 radical (unpaired) electrons. The fourth-order valence-corrected chi connectivity index (χ4v) is 2.36. The van der Waals surface area contributed by atoms with Crippen molar-refractivity contribution in [2.45, 2.75) is 24.9 Å². The van der Waals surface area contributed by atoms with Gasteiger partial charge >= 0.3 is 5.97 Å². The van der Waals surface area contributed by atoms with E-state index in [2.05, 4.69) is 0 Å². The molecule has 1 aliphatic rings. The van der Waals surface area contributed by atoms with Crippen molar-refractivity contribution in [3.8, 4) is 0 Å². The molecule has 2 rings (SSSR count). The minimum absolute atomic E-state index is 0.0844. The van der Waals surface area contributed by atoms with E-state index in [-0.39, 0.29) is 11.9 Å². The minimum Gasteiger partial charge on any atom is -0.467 e. The highest BCUT2D eigenvalue weighted by Gasteiger charge is 2.36. The molecule has 1 aromatic carbocycles. The Morgan fingerprint density at radius 3 is 2.68 bits per heavy atom. The molecular weight excluding hydrogens is 244 g/mol. The molecule has 1 amide bonds. The fraction of sp³-hybridized carbons (Fsp3) is 0.429. The van der Waals surface area contributed by atoms with Gasteiger partial charge in [0.25, 0.3) is 0 Å². The summed E-state index contributed by atoms with van der Waals surface area (Å²) < 4.78 is 4.81. The maximum atomic E-state index is 11.9. The summed E-state index contributed by atoms with van der Waals surface area (Å²) in [5.41, 5.74) is 6.77. The van der Waals surface area contributed by atoms with E-state index in [1.807, 2.05) is 30.3 Å². The lowest BCUT2D eigenvalue weighted by Crippen LogP contribution is -2.45. The van der Waals surface area contributed by atoms with Crippen molar-refractivity contribution < 1.29 is 14.3 Å². The van der Waals surface area contributed by atoms with Gasteiger partial charge in [-0.2, -0.15) is 0 Å². The molecule has 2 N–H and O–H groups in total. The molecule has 0 bridgehead atoms. The molecule has 2 atom stereocenters. The van der Waals surface area contributed by atoms with Crippen LogP contribution in [0.25, 0.3) is 0 Å². The van der Waals surface area contributed by atoms with Crippen LogP contribution < -0.4 is 5.73 Å². The first-order chi connectivity index (χ1) is 9.11. The third kappa shape index (κ3) is 3.12. The van der Waals surface area contributed by atoms with Gasteiger partial charge in [0.05, 0.1) is 7.11 Å². The highest BCUT2D eigenvalue weighted by Crippen LogP contribution is 2.17. The number of benzene rings is 1. The lowest BCUT2D eigenvalue weighted by atomic mass is 10.0. The van der Waals surface area contributed by atoms with E-state index in [4.69, 9.17) is 10.5 Å². The number of nitrogens with zero attached hydrogens (tertiary/aromatic N) is 1. The number of methoxy groups -OCH3 is 1. The van der Waals surface area contributed by atoms with Gasteiger partial charge in [-0.05, 0) is 5.56 Å². The SMILES string of the molecule is COC(=O)[C@@H](Cc1ccccc1)N1CC(N)CC1=O. The lowest BCUT2D eigenvalue weighted by molar-refractivity contribution is -0.151. The van der Waals surface area contributed by atoms with Gasteiger partial charge in [0.2, 0.25) is 5.91 Å². The second kappa shape index (κ2) is 5.84. The summed E-state index contributed by atoms with van der Waals surface area (Å²) in [6, 6.07) is 8.78. The van der Waals surface area contributed by atoms with Crippen molar-refractivity contribution in [2.24, 2.45) is 5.73 Å². The topological polar surface area (TPSA) is 72.6 Å². The number of likely N-dealkylation sites (tertiary alicyclic amines) is 1. The molecule has 1 aliphatic heterocycles. The van der Waals surface area contributed by atoms with Gasteiger partial charge in [0.1, 0.15) is 6.04 Å². The van der Waals surface area contributed by atoms with Gasteiger partial charge in [-0.25, -0.2) is 4.79 Å². The quantitative estimate of drug-likeness (QED) is 0.794. The number of carbonyl (C=O) groups excluding carboxylic acids is 2. The molecule has 102 valence electrons. The standard InChI is InChI=1S/C14H18N2O3/c1-19-14(18)12(7-10-5-3-2-4-6-10)16-9-11(15)8-13(16)17/h2-6,11-12H,7-9,15H2,1H3/t11?,12-/m1/s1. The number of rotatable bonds is 4. The number of hydrogen-bond donors (Lipinski definition) is 1. The summed E-state index contributed by atoms with van der Waals surface area (Å²) in [6.07, 6.45) is 0.744. The Morgan fingerprint density at radius 2 is 2.16 bits per heavy atom. The molecule has 1 aromatic rings. The fourth-order valence-electron chi connectivity index (χ4n) is 2.36. The Balaban J connectivity index is 2.17. The Bertz CT molecular complexity index is 461. The summed E-state index contributed by atoms with van der Waals surface area (Å²) in [6.45, 7) is 0.408. The van der Waals surface area contributed by atoms with E-state index in [9.17, 15) is 9.59 Å². The van der Waals surface area contributed by atoms with E-state index in [0.717, 1.165) is 5.56 Å². The predicted molar refractivity (Wildman–Crippen MR) is 70.3 cm³/mol. The summed E-state index contributed by atoms with van der Waals surface area (Å²) in [4.78, 5) is 25.3. The second-order valence-corrected chi connectivity index (χ2v) is 4.74. The van der Waals surface area contributed by atoms with Gasteiger partial charge in [-0.3, -0.25) is 4.79 Å². The number of esters is 1. The number of hydrogen-bond acceptors (Lipinski definition) is 4. The van der Waals surface area contributed by atoms with E-state index in [0.29, 0.717) is 19.4 Å². The number of carbonyl (C=O) groups is 2. The first-order valence-corrected chi connectivity index (χ1v) is 6.28. The third-order valence-corrected chi connectivity index (χ3v) is 3.31. The molecule has 0 aliphatic carbocycles. The average Bonchev–Trinajstić information content (AvgIpc) is 2.75. The van der Waals surface area contributed by atoms with Crippen molar-refractivity contribution in [2.75, 3.05) is 13.7 Å². The van der Waals surface area contributed by atoms with E-state index in [1.165, 1.54) is 12.0 Å². The summed E-state index contributed by atoms with van der Waals surface area (Å²) in [7, 11) is 1.33. The predicted octanol–water partition coefficient (Wildman–Crippen LogP) is 0.330. The van der Waals surface area contributed by atoms with Crippen LogP contribution >= 0.6 is 0 Å². The maximum Gasteiger partial charge on any atom is 0.328 e. The molecule has 19 heavy (non-hydrogen) atoms. The third-order valence-electron chi connectivity index (χ3n) is 3.31. The Kier molecular flexibility index (Phi) is 4.16. The molecule has 0 saturated carbocycles. The second-order valence-electron chi connectivity index (χ2n) is 4.74. The van der Waals surface area contributed by atoms with Crippen molar-refractivity contribution in [3.05, 3.63) is 35.9 Å². The highest BCUT2D eigenvalue weighted by molar-refractivity contribution is 5.86. The smallest absolute Gasteiger partial charge is 0.328 e. The Labute approximate surface area is 112 Å². The zero-order chi connectivity index (χ0) is 13.8. The number of nitrogens with two attached hydrogens (primary N) is 1. The average molecular weight is 262 g/mol. The van der Waals surface area contributed by atoms with Crippen LogP contribution in [0.4, 0.5) is 0 Å². The van der Waals surface area contributed by atoms with Gasteiger partial charge in [-0.1, -0.05) is 30.3 Å². The largest absolute Gasteiger partial charge is 0.467 e. The molecule has 5 nitrogen and oxygen atoms in total. The van der Waals surface area contributed by atoms with Gasteiger partial charge in [0.15, 0.2) is 0 Å². The minimum atomic E-state index is -0.589. The molecular formula is C14H18N2O3. The van der Waals surface area contributed by atoms with Gasteiger partial charge in [0, 0.05) is 25.4 Å². The van der Waals surface area contributed by atoms with E-state index >= 15 is 0 Å². The van der Waals surface area contributed by atoms with Crippen LogP contribution in [0.3, 0.4) is 0 Å². The molecule has 0 spiro atoms. The van der Waals surface area contributed by atoms with Crippen LogP contribution in [0.15, 0.2) is 30.3 Å². The molecule has 1 unspecified atom stereocenters. The normalized spacial score (nSPS) is 20.4. The van der Waals surface area contributed by atoms with Crippen LogP contribution in [0.5, 0.6) is 0 Å². The molecule has 1 saturated heterocycles. The molecule has 1 fully saturated rings. The van der Waals surface area contributed by atoms with Crippen molar-refractivity contribution >= 4 is 11.9 Å².